The van der Waals surface area contributed by atoms with E-state index in [1.165, 1.54) is 78.1 Å². The Labute approximate surface area is 237 Å². The van der Waals surface area contributed by atoms with Crippen molar-refractivity contribution in [2.75, 3.05) is 0 Å². The average Bonchev–Trinajstić information content (AvgIpc) is 2.78. The van der Waals surface area contributed by atoms with Gasteiger partial charge in [0.15, 0.2) is 0 Å². The molecule has 0 aliphatic heterocycles. The first-order valence-electron chi connectivity index (χ1n) is 13.0. The number of hydrogen-bond acceptors (Lipinski definition) is 6. The van der Waals surface area contributed by atoms with Crippen LogP contribution in [0, 0.1) is 0 Å². The first kappa shape index (κ1) is 44.9. The second-order valence-electron chi connectivity index (χ2n) is 8.66. The summed E-state index contributed by atoms with van der Waals surface area (Å²) in [6.45, 7) is 13.6. The summed E-state index contributed by atoms with van der Waals surface area (Å²) in [5.74, 6) is -3.70. The van der Waals surface area contributed by atoms with Crippen LogP contribution in [0.3, 0.4) is 0 Å². The van der Waals surface area contributed by atoms with E-state index in [0.29, 0.717) is 0 Å². The molecule has 212 valence electrons. The molecular weight excluding hydrogens is 530 g/mol. The maximum absolute atomic E-state index is 10.0. The summed E-state index contributed by atoms with van der Waals surface area (Å²) in [5.41, 5.74) is 0.352. The van der Waals surface area contributed by atoms with Crippen molar-refractivity contribution in [2.45, 2.75) is 130 Å². The van der Waals surface area contributed by atoms with Crippen LogP contribution in [0.4, 0.5) is 0 Å². The Bertz CT molecular complexity index is 527. The number of unbranched alkanes of at least 4 members (excludes halogenated alkanes) is 12. The fourth-order valence-electron chi connectivity index (χ4n) is 2.45. The van der Waals surface area contributed by atoms with Crippen molar-refractivity contribution in [3.8, 4) is 0 Å². The van der Waals surface area contributed by atoms with Gasteiger partial charge in [0.05, 0.1) is 0 Å². The van der Waals surface area contributed by atoms with Crippen molar-refractivity contribution in [1.82, 2.24) is 0 Å². The summed E-state index contributed by atoms with van der Waals surface area (Å²) >= 11 is 0. The zero-order chi connectivity index (χ0) is 28.8. The Balaban J connectivity index is -0.000000128. The second-order valence-corrected chi connectivity index (χ2v) is 8.66. The monoisotopic (exact) mass is 578 g/mol. The molecule has 2 N–H and O–H groups in total. The van der Waals surface area contributed by atoms with Gasteiger partial charge in [0.1, 0.15) is 0 Å². The molecule has 0 aromatic heterocycles. The van der Waals surface area contributed by atoms with E-state index in [2.05, 4.69) is 27.0 Å². The fraction of sp³-hybridized carbons (Fsp3) is 0.714. The molecule has 8 nitrogen and oxygen atoms in total. The van der Waals surface area contributed by atoms with Gasteiger partial charge in [-0.15, -0.1) is 0 Å². The Kier molecular flexibility index (Phi) is 43.9. The Morgan fingerprint density at radius 1 is 0.541 bits per heavy atom. The normalized spacial score (nSPS) is 8.97. The third-order valence-electron chi connectivity index (χ3n) is 4.70. The standard InChI is InChI=1S/2C10H20O2.2C4H6O2.Zn/c2*1-2-3-4-5-6-7-8-9-10(11)12;2*1-3(2)4(5)6;/h2*2-9H2,1H3,(H,11,12);2*1H2,2H3,(H,5,6);/q;;;;+2/p-2. The van der Waals surface area contributed by atoms with Gasteiger partial charge in [-0.2, -0.15) is 0 Å². The van der Waals surface area contributed by atoms with Gasteiger partial charge in [0.25, 0.3) is 0 Å². The van der Waals surface area contributed by atoms with Gasteiger partial charge in [-0.1, -0.05) is 104 Å². The zero-order valence-electron chi connectivity index (χ0n) is 23.8. The molecule has 0 radical (unpaired) electrons. The molecule has 0 unspecified atom stereocenters. The zero-order valence-corrected chi connectivity index (χ0v) is 26.7. The molecule has 0 spiro atoms. The molecule has 0 saturated heterocycles. The molecule has 9 heteroatoms. The minimum atomic E-state index is -0.935. The maximum atomic E-state index is 10.0. The predicted molar refractivity (Wildman–Crippen MR) is 140 cm³/mol. The van der Waals surface area contributed by atoms with Gasteiger partial charge in [0.2, 0.25) is 0 Å². The number of carboxylic acids is 4. The molecule has 0 aromatic carbocycles. The van der Waals surface area contributed by atoms with E-state index in [1.54, 1.807) is 0 Å². The van der Waals surface area contributed by atoms with Crippen molar-refractivity contribution in [3.05, 3.63) is 24.3 Å². The number of rotatable bonds is 18. The molecule has 0 bridgehead atoms. The van der Waals surface area contributed by atoms with Gasteiger partial charge in [0, 0.05) is 23.1 Å². The van der Waals surface area contributed by atoms with Crippen LogP contribution in [0.5, 0.6) is 0 Å². The molecule has 0 aromatic rings. The van der Waals surface area contributed by atoms with Crippen molar-refractivity contribution in [1.29, 1.82) is 0 Å². The van der Waals surface area contributed by atoms with Gasteiger partial charge >= 0.3 is 31.4 Å². The summed E-state index contributed by atoms with van der Waals surface area (Å²) < 4.78 is 0. The SMILES string of the molecule is C=C(C)C(=O)O.C=C(C)C(=O)O.CCCCCCCCCC(=O)[O-].CCCCCCCCCC(=O)[O-].[Zn+2]. The minimum absolute atomic E-state index is 0. The Morgan fingerprint density at radius 3 is 0.892 bits per heavy atom. The Hall–Kier alpha value is -2.02. The second kappa shape index (κ2) is 36.1. The number of carbonyl (C=O) groups excluding carboxylic acids is 2. The van der Waals surface area contributed by atoms with Crippen molar-refractivity contribution in [2.24, 2.45) is 0 Å². The number of carbonyl (C=O) groups is 4. The van der Waals surface area contributed by atoms with Crippen LogP contribution in [0.15, 0.2) is 24.3 Å². The summed E-state index contributed by atoms with van der Waals surface area (Å²) in [4.78, 5) is 39.2. The van der Waals surface area contributed by atoms with Crippen LogP contribution in [0.2, 0.25) is 0 Å². The number of hydrogen-bond donors (Lipinski definition) is 2. The molecule has 0 fully saturated rings. The summed E-state index contributed by atoms with van der Waals surface area (Å²) in [5, 5.41) is 35.8. The fourth-order valence-corrected chi connectivity index (χ4v) is 2.45. The molecule has 0 heterocycles. The molecule has 0 saturated carbocycles. The number of carboxylic acid groups (broad SMARTS) is 4. The topological polar surface area (TPSA) is 155 Å². The molecule has 0 aliphatic carbocycles. The summed E-state index contributed by atoms with van der Waals surface area (Å²) in [7, 11) is 0. The van der Waals surface area contributed by atoms with Gasteiger partial charge in [-0.3, -0.25) is 0 Å². The molecule has 0 atom stereocenters. The van der Waals surface area contributed by atoms with Crippen molar-refractivity contribution < 1.29 is 59.1 Å². The third kappa shape index (κ3) is 60.4. The minimum Gasteiger partial charge on any atom is -0.550 e. The first-order valence-corrected chi connectivity index (χ1v) is 13.0. The summed E-state index contributed by atoms with van der Waals surface area (Å²) in [6, 6.07) is 0. The summed E-state index contributed by atoms with van der Waals surface area (Å²) in [6.07, 6.45) is 16.7. The maximum Gasteiger partial charge on any atom is 2.00 e. The van der Waals surface area contributed by atoms with Crippen LogP contribution in [-0.4, -0.2) is 34.1 Å². The Morgan fingerprint density at radius 2 is 0.730 bits per heavy atom. The third-order valence-corrected chi connectivity index (χ3v) is 4.70. The first-order chi connectivity index (χ1) is 16.8. The van der Waals surface area contributed by atoms with Crippen LogP contribution >= 0.6 is 0 Å². The van der Waals surface area contributed by atoms with E-state index in [9.17, 15) is 29.4 Å². The van der Waals surface area contributed by atoms with E-state index in [0.717, 1.165) is 25.7 Å². The van der Waals surface area contributed by atoms with Crippen LogP contribution < -0.4 is 10.2 Å². The van der Waals surface area contributed by atoms with Crippen molar-refractivity contribution >= 4 is 23.9 Å². The van der Waals surface area contributed by atoms with E-state index in [1.807, 2.05) is 0 Å². The smallest absolute Gasteiger partial charge is 0.550 e. The molecule has 37 heavy (non-hydrogen) atoms. The van der Waals surface area contributed by atoms with Crippen LogP contribution in [0.25, 0.3) is 0 Å². The van der Waals surface area contributed by atoms with E-state index in [-0.39, 0.29) is 43.5 Å². The number of aliphatic carboxylic acids is 4. The van der Waals surface area contributed by atoms with E-state index >= 15 is 0 Å². The van der Waals surface area contributed by atoms with E-state index < -0.39 is 23.9 Å². The van der Waals surface area contributed by atoms with Gasteiger partial charge in [-0.25, -0.2) is 9.59 Å². The van der Waals surface area contributed by atoms with Crippen LogP contribution in [0.1, 0.15) is 130 Å². The predicted octanol–water partition coefficient (Wildman–Crippen LogP) is 5.05. The quantitative estimate of drug-likeness (QED) is 0.130. The van der Waals surface area contributed by atoms with E-state index in [4.69, 9.17) is 10.2 Å². The molecule has 0 aliphatic rings. The largest absolute Gasteiger partial charge is 2.00 e. The van der Waals surface area contributed by atoms with Crippen LogP contribution in [-0.2, 0) is 38.7 Å². The van der Waals surface area contributed by atoms with Gasteiger partial charge < -0.3 is 30.0 Å². The molecular formula is C28H50O8Zn. The van der Waals surface area contributed by atoms with Gasteiger partial charge in [-0.05, 0) is 39.5 Å². The van der Waals surface area contributed by atoms with Crippen molar-refractivity contribution in [3.63, 3.8) is 0 Å². The molecule has 0 rings (SSSR count). The molecule has 0 amide bonds. The average molecular weight is 580 g/mol.